The number of carboxylic acids is 1. The lowest BCUT2D eigenvalue weighted by atomic mass is 10.1. The number of fused-ring (bicyclic) bond motifs is 2. The Labute approximate surface area is 226 Å². The summed E-state index contributed by atoms with van der Waals surface area (Å²) in [5.41, 5.74) is 2.37. The Hall–Kier alpha value is -4.34. The molecule has 0 saturated carbocycles. The van der Waals surface area contributed by atoms with Gasteiger partial charge in [0.15, 0.2) is 11.6 Å². The highest BCUT2D eigenvalue weighted by Gasteiger charge is 2.27. The van der Waals surface area contributed by atoms with Gasteiger partial charge in [-0.15, -0.1) is 0 Å². The van der Waals surface area contributed by atoms with Gasteiger partial charge in [0.2, 0.25) is 11.8 Å². The van der Waals surface area contributed by atoms with Crippen LogP contribution in [0.5, 0.6) is 0 Å². The Morgan fingerprint density at radius 2 is 1.15 bits per heavy atom. The van der Waals surface area contributed by atoms with Crippen molar-refractivity contribution >= 4 is 46.7 Å². The van der Waals surface area contributed by atoms with Gasteiger partial charge in [-0.25, -0.2) is 0 Å². The van der Waals surface area contributed by atoms with Crippen molar-refractivity contribution in [3.8, 4) is 0 Å². The molecule has 10 heteroatoms. The molecule has 10 nitrogen and oxygen atoms in total. The molecule has 2 aliphatic heterocycles. The Balaban J connectivity index is 0.000000216. The van der Waals surface area contributed by atoms with Gasteiger partial charge in [0.1, 0.15) is 0 Å². The average molecular weight is 537 g/mol. The fraction of sp³-hybridized carbons (Fsp3) is 0.379. The van der Waals surface area contributed by atoms with Crippen LogP contribution in [-0.4, -0.2) is 60.6 Å². The largest absolute Gasteiger partial charge is 0.481 e. The molecule has 0 fully saturated rings. The van der Waals surface area contributed by atoms with E-state index >= 15 is 0 Å². The van der Waals surface area contributed by atoms with Crippen molar-refractivity contribution in [1.29, 1.82) is 0 Å². The zero-order chi connectivity index (χ0) is 28.4. The topological polar surface area (TPSA) is 138 Å². The van der Waals surface area contributed by atoms with Gasteiger partial charge < -0.3 is 19.6 Å². The lowest BCUT2D eigenvalue weighted by Crippen LogP contribution is -2.31. The van der Waals surface area contributed by atoms with E-state index in [9.17, 15) is 28.8 Å². The third-order valence-corrected chi connectivity index (χ3v) is 6.49. The number of hydrogen-bond acceptors (Lipinski definition) is 7. The highest BCUT2D eigenvalue weighted by atomic mass is 16.5. The standard InChI is InChI=1S/C15H17NO4.C14H15NO4/c1-20-15(19)7-4-10-16-12-6-3-2-5-11(12)13(17)8-9-14(16)18;16-12-7-8-13(17)15(9-3-6-14(18)19)11-5-2-1-4-10(11)12/h2-3,5-6H,4,7-10H2,1H3;1-2,4-5H,3,6-9H2,(H,18,19). The third-order valence-electron chi connectivity index (χ3n) is 6.49. The summed E-state index contributed by atoms with van der Waals surface area (Å²) in [4.78, 5) is 72.8. The number of methoxy groups -OCH3 is 1. The maximum Gasteiger partial charge on any atom is 0.305 e. The van der Waals surface area contributed by atoms with E-state index in [4.69, 9.17) is 5.11 Å². The average Bonchev–Trinajstić information content (AvgIpc) is 3.13. The summed E-state index contributed by atoms with van der Waals surface area (Å²) in [6.07, 6.45) is 2.02. The molecule has 2 heterocycles. The maximum absolute atomic E-state index is 12.1. The van der Waals surface area contributed by atoms with E-state index in [0.717, 1.165) is 0 Å². The van der Waals surface area contributed by atoms with Crippen LogP contribution < -0.4 is 9.80 Å². The highest BCUT2D eigenvalue weighted by Crippen LogP contribution is 2.28. The van der Waals surface area contributed by atoms with E-state index in [1.54, 1.807) is 53.4 Å². The molecule has 0 saturated heterocycles. The van der Waals surface area contributed by atoms with Crippen LogP contribution in [0, 0.1) is 0 Å². The van der Waals surface area contributed by atoms with Crippen molar-refractivity contribution in [1.82, 2.24) is 0 Å². The molecule has 2 aliphatic rings. The number of para-hydroxylation sites is 2. The highest BCUT2D eigenvalue weighted by molar-refractivity contribution is 6.10. The number of amides is 2. The number of esters is 1. The molecule has 1 N–H and O–H groups in total. The van der Waals surface area contributed by atoms with Crippen LogP contribution in [0.4, 0.5) is 11.4 Å². The normalized spacial score (nSPS) is 14.9. The molecular formula is C29H32N2O8. The van der Waals surface area contributed by atoms with Crippen molar-refractivity contribution in [2.45, 2.75) is 51.4 Å². The number of hydrogen-bond donors (Lipinski definition) is 1. The number of carboxylic acid groups (broad SMARTS) is 1. The quantitative estimate of drug-likeness (QED) is 0.503. The first-order valence-corrected chi connectivity index (χ1v) is 12.9. The maximum atomic E-state index is 12.1. The van der Waals surface area contributed by atoms with Crippen LogP contribution in [-0.2, 0) is 23.9 Å². The van der Waals surface area contributed by atoms with Gasteiger partial charge in [-0.1, -0.05) is 24.3 Å². The van der Waals surface area contributed by atoms with Gasteiger partial charge in [0, 0.05) is 62.7 Å². The molecule has 206 valence electrons. The summed E-state index contributed by atoms with van der Waals surface area (Å²) in [5, 5.41) is 8.64. The number of nitrogens with zero attached hydrogens (tertiary/aromatic N) is 2. The first kappa shape index (κ1) is 29.2. The van der Waals surface area contributed by atoms with Crippen molar-refractivity contribution in [2.75, 3.05) is 30.0 Å². The number of anilines is 2. The van der Waals surface area contributed by atoms with Gasteiger partial charge in [0.05, 0.1) is 18.5 Å². The summed E-state index contributed by atoms with van der Waals surface area (Å²) in [6.45, 7) is 0.744. The monoisotopic (exact) mass is 536 g/mol. The molecule has 0 atom stereocenters. The van der Waals surface area contributed by atoms with Crippen LogP contribution in [0.2, 0.25) is 0 Å². The minimum atomic E-state index is -0.883. The lowest BCUT2D eigenvalue weighted by Gasteiger charge is -2.22. The van der Waals surface area contributed by atoms with Crippen molar-refractivity contribution < 1.29 is 38.6 Å². The van der Waals surface area contributed by atoms with Gasteiger partial charge in [-0.05, 0) is 37.1 Å². The second-order valence-corrected chi connectivity index (χ2v) is 9.15. The molecule has 0 spiro atoms. The van der Waals surface area contributed by atoms with Crippen LogP contribution in [0.25, 0.3) is 0 Å². The van der Waals surface area contributed by atoms with E-state index in [1.165, 1.54) is 12.0 Å². The molecule has 0 bridgehead atoms. The van der Waals surface area contributed by atoms with Gasteiger partial charge >= 0.3 is 11.9 Å². The summed E-state index contributed by atoms with van der Waals surface area (Å²) in [5.74, 6) is -1.42. The number of aliphatic carboxylic acids is 1. The van der Waals surface area contributed by atoms with Crippen molar-refractivity contribution in [3.05, 3.63) is 59.7 Å². The molecular weight excluding hydrogens is 504 g/mol. The second-order valence-electron chi connectivity index (χ2n) is 9.15. The molecule has 2 aromatic carbocycles. The fourth-order valence-electron chi connectivity index (χ4n) is 4.50. The molecule has 0 radical (unpaired) electrons. The molecule has 2 aromatic rings. The summed E-state index contributed by atoms with van der Waals surface area (Å²) >= 11 is 0. The van der Waals surface area contributed by atoms with Crippen LogP contribution >= 0.6 is 0 Å². The van der Waals surface area contributed by atoms with Gasteiger partial charge in [-0.2, -0.15) is 0 Å². The fourth-order valence-corrected chi connectivity index (χ4v) is 4.50. The first-order chi connectivity index (χ1) is 18.7. The van der Waals surface area contributed by atoms with Crippen LogP contribution in [0.1, 0.15) is 72.1 Å². The predicted octanol–water partition coefficient (Wildman–Crippen LogP) is 3.81. The van der Waals surface area contributed by atoms with Gasteiger partial charge in [0.25, 0.3) is 0 Å². The minimum absolute atomic E-state index is 0.00980. The number of carbonyl (C=O) groups is 6. The molecule has 0 aliphatic carbocycles. The first-order valence-electron chi connectivity index (χ1n) is 12.9. The Morgan fingerprint density at radius 3 is 1.59 bits per heavy atom. The van der Waals surface area contributed by atoms with E-state index in [1.807, 2.05) is 0 Å². The number of carbonyl (C=O) groups excluding carboxylic acids is 5. The van der Waals surface area contributed by atoms with Crippen LogP contribution in [0.15, 0.2) is 48.5 Å². The van der Waals surface area contributed by atoms with Crippen LogP contribution in [0.3, 0.4) is 0 Å². The van der Waals surface area contributed by atoms with E-state index < -0.39 is 5.97 Å². The minimum Gasteiger partial charge on any atom is -0.481 e. The molecule has 2 amide bonds. The SMILES string of the molecule is COC(=O)CCCN1C(=O)CCC(=O)c2ccccc21.O=C(O)CCCN1C(=O)CCC(=O)c2ccccc21. The smallest absolute Gasteiger partial charge is 0.305 e. The van der Waals surface area contributed by atoms with Crippen molar-refractivity contribution in [3.63, 3.8) is 0 Å². The van der Waals surface area contributed by atoms with E-state index in [0.29, 0.717) is 48.4 Å². The molecule has 39 heavy (non-hydrogen) atoms. The predicted molar refractivity (Wildman–Crippen MR) is 143 cm³/mol. The molecule has 0 aromatic heterocycles. The summed E-state index contributed by atoms with van der Waals surface area (Å²) < 4.78 is 4.58. The molecule has 4 rings (SSSR count). The Bertz CT molecular complexity index is 1260. The number of rotatable bonds is 8. The number of benzene rings is 2. The Morgan fingerprint density at radius 1 is 0.718 bits per heavy atom. The second kappa shape index (κ2) is 14.0. The van der Waals surface area contributed by atoms with Crippen molar-refractivity contribution in [2.24, 2.45) is 0 Å². The summed E-state index contributed by atoms with van der Waals surface area (Å²) in [7, 11) is 1.34. The Kier molecular flexibility index (Phi) is 10.5. The zero-order valence-corrected chi connectivity index (χ0v) is 21.9. The number of ether oxygens (including phenoxy) is 1. The van der Waals surface area contributed by atoms with Gasteiger partial charge in [-0.3, -0.25) is 28.8 Å². The summed E-state index contributed by atoms with van der Waals surface area (Å²) in [6, 6.07) is 14.1. The lowest BCUT2D eigenvalue weighted by molar-refractivity contribution is -0.141. The van der Waals surface area contributed by atoms with E-state index in [2.05, 4.69) is 4.74 Å². The van der Waals surface area contributed by atoms with E-state index in [-0.39, 0.29) is 67.9 Å². The molecule has 0 unspecified atom stereocenters. The third kappa shape index (κ3) is 7.83. The zero-order valence-electron chi connectivity index (χ0n) is 21.9. The number of ketones is 2. The number of Topliss-reactive ketones (excluding diaryl/α,β-unsaturated/α-hetero) is 2.